The van der Waals surface area contributed by atoms with Crippen molar-refractivity contribution in [2.24, 2.45) is 5.41 Å². The molecule has 4 nitrogen and oxygen atoms in total. The lowest BCUT2D eigenvalue weighted by molar-refractivity contribution is -0.117. The molecule has 114 valence electrons. The Kier molecular flexibility index (Phi) is 4.52. The second-order valence-corrected chi connectivity index (χ2v) is 7.21. The Morgan fingerprint density at radius 2 is 2.09 bits per heavy atom. The Bertz CT molecular complexity index is 726. The zero-order valence-electron chi connectivity index (χ0n) is 12.9. The van der Waals surface area contributed by atoms with Crippen molar-refractivity contribution in [3.05, 3.63) is 39.5 Å². The van der Waals surface area contributed by atoms with E-state index >= 15 is 0 Å². The fourth-order valence-corrected chi connectivity index (χ4v) is 3.19. The van der Waals surface area contributed by atoms with Crippen LogP contribution in [-0.2, 0) is 4.79 Å². The van der Waals surface area contributed by atoms with Crippen LogP contribution in [0.4, 0.5) is 5.69 Å². The molecule has 0 aliphatic heterocycles. The van der Waals surface area contributed by atoms with Crippen LogP contribution in [0.1, 0.15) is 39.2 Å². The second kappa shape index (κ2) is 6.05. The van der Waals surface area contributed by atoms with Gasteiger partial charge in [0.1, 0.15) is 6.07 Å². The highest BCUT2D eigenvalue weighted by atomic mass is 79.9. The fraction of sp³-hybridized carbons (Fsp3) is 0.353. The predicted octanol–water partition coefficient (Wildman–Crippen LogP) is 4.42. The number of rotatable bonds is 3. The molecule has 0 radical (unpaired) electrons. The zero-order chi connectivity index (χ0) is 16.5. The summed E-state index contributed by atoms with van der Waals surface area (Å²) >= 11 is 3.36. The van der Waals surface area contributed by atoms with E-state index in [1.807, 2.05) is 6.07 Å². The van der Waals surface area contributed by atoms with Gasteiger partial charge in [0.2, 0.25) is 0 Å². The van der Waals surface area contributed by atoms with Crippen molar-refractivity contribution in [1.82, 2.24) is 0 Å². The van der Waals surface area contributed by atoms with Crippen LogP contribution < -0.4 is 5.32 Å². The summed E-state index contributed by atoms with van der Waals surface area (Å²) in [5.41, 5.74) is 2.79. The smallest absolute Gasteiger partial charge is 0.166 e. The maximum Gasteiger partial charge on any atom is 0.166 e. The van der Waals surface area contributed by atoms with Gasteiger partial charge in [-0.1, -0.05) is 13.8 Å². The van der Waals surface area contributed by atoms with Gasteiger partial charge in [-0.25, -0.2) is 0 Å². The number of allylic oxidation sites excluding steroid dienone is 2. The van der Waals surface area contributed by atoms with E-state index in [4.69, 9.17) is 10.7 Å². The van der Waals surface area contributed by atoms with E-state index in [9.17, 15) is 4.79 Å². The van der Waals surface area contributed by atoms with Crippen LogP contribution in [0.25, 0.3) is 0 Å². The molecule has 0 bridgehead atoms. The summed E-state index contributed by atoms with van der Waals surface area (Å²) in [5.74, 6) is 0.0129. The second-order valence-electron chi connectivity index (χ2n) is 6.35. The molecule has 1 aliphatic rings. The fourth-order valence-electron chi connectivity index (χ4n) is 2.72. The Balaban J connectivity index is 2.42. The van der Waals surface area contributed by atoms with Gasteiger partial charge in [0.05, 0.1) is 11.1 Å². The third-order valence-corrected chi connectivity index (χ3v) is 4.29. The SMILES string of the molecule is CC(=N)C1=C(Nc2ccc(C#N)c(Br)c2)CC(C)(C)CC1=O. The van der Waals surface area contributed by atoms with E-state index in [0.29, 0.717) is 28.5 Å². The van der Waals surface area contributed by atoms with Crippen LogP contribution in [-0.4, -0.2) is 11.5 Å². The van der Waals surface area contributed by atoms with Crippen LogP contribution in [0.3, 0.4) is 0 Å². The summed E-state index contributed by atoms with van der Waals surface area (Å²) in [6.07, 6.45) is 1.17. The average molecular weight is 360 g/mol. The van der Waals surface area contributed by atoms with Gasteiger partial charge in [0, 0.05) is 28.0 Å². The van der Waals surface area contributed by atoms with Crippen LogP contribution in [0.2, 0.25) is 0 Å². The number of nitrogens with one attached hydrogen (secondary N) is 2. The Labute approximate surface area is 138 Å². The number of carbonyl (C=O) groups is 1. The molecule has 1 aromatic carbocycles. The molecular weight excluding hydrogens is 342 g/mol. The van der Waals surface area contributed by atoms with Gasteiger partial charge in [-0.15, -0.1) is 0 Å². The number of hydrogen-bond acceptors (Lipinski definition) is 4. The molecule has 1 aromatic rings. The topological polar surface area (TPSA) is 76.7 Å². The molecule has 0 saturated heterocycles. The van der Waals surface area contributed by atoms with Gasteiger partial charge in [-0.2, -0.15) is 5.26 Å². The van der Waals surface area contributed by atoms with Crippen molar-refractivity contribution in [1.29, 1.82) is 10.7 Å². The average Bonchev–Trinajstić information content (AvgIpc) is 2.36. The molecule has 0 atom stereocenters. The predicted molar refractivity (Wildman–Crippen MR) is 90.9 cm³/mol. The van der Waals surface area contributed by atoms with Crippen molar-refractivity contribution in [2.45, 2.75) is 33.6 Å². The van der Waals surface area contributed by atoms with Crippen LogP contribution in [0.5, 0.6) is 0 Å². The summed E-state index contributed by atoms with van der Waals surface area (Å²) in [6.45, 7) is 5.75. The normalized spacial score (nSPS) is 17.1. The van der Waals surface area contributed by atoms with Crippen LogP contribution in [0.15, 0.2) is 33.9 Å². The zero-order valence-corrected chi connectivity index (χ0v) is 14.5. The molecule has 0 aromatic heterocycles. The molecule has 0 unspecified atom stereocenters. The van der Waals surface area contributed by atoms with Gasteiger partial charge >= 0.3 is 0 Å². The maximum absolute atomic E-state index is 12.3. The summed E-state index contributed by atoms with van der Waals surface area (Å²) in [4.78, 5) is 12.3. The first kappa shape index (κ1) is 16.4. The molecule has 0 fully saturated rings. The van der Waals surface area contributed by atoms with Gasteiger partial charge in [-0.05, 0) is 52.9 Å². The minimum Gasteiger partial charge on any atom is -0.358 e. The third-order valence-electron chi connectivity index (χ3n) is 3.63. The Morgan fingerprint density at radius 3 is 2.64 bits per heavy atom. The number of halogens is 1. The first-order valence-electron chi connectivity index (χ1n) is 7.02. The van der Waals surface area contributed by atoms with Gasteiger partial charge < -0.3 is 10.7 Å². The van der Waals surface area contributed by atoms with E-state index in [2.05, 4.69) is 41.2 Å². The van der Waals surface area contributed by atoms with E-state index < -0.39 is 0 Å². The van der Waals surface area contributed by atoms with Crippen molar-refractivity contribution in [2.75, 3.05) is 5.32 Å². The highest BCUT2D eigenvalue weighted by molar-refractivity contribution is 9.10. The van der Waals surface area contributed by atoms with E-state index in [-0.39, 0.29) is 16.9 Å². The molecule has 0 saturated carbocycles. The van der Waals surface area contributed by atoms with Crippen molar-refractivity contribution < 1.29 is 4.79 Å². The van der Waals surface area contributed by atoms with E-state index in [0.717, 1.165) is 11.4 Å². The van der Waals surface area contributed by atoms with Gasteiger partial charge in [0.25, 0.3) is 0 Å². The number of nitrogens with zero attached hydrogens (tertiary/aromatic N) is 1. The first-order chi connectivity index (χ1) is 10.2. The minimum absolute atomic E-state index is 0.0129. The number of carbonyl (C=O) groups excluding carboxylic acids is 1. The van der Waals surface area contributed by atoms with E-state index in [1.165, 1.54) is 0 Å². The largest absolute Gasteiger partial charge is 0.358 e. The molecular formula is C17H18BrN3O. The lowest BCUT2D eigenvalue weighted by Crippen LogP contribution is -2.30. The molecule has 5 heteroatoms. The summed E-state index contributed by atoms with van der Waals surface area (Å²) in [6, 6.07) is 7.44. The van der Waals surface area contributed by atoms with Crippen LogP contribution >= 0.6 is 15.9 Å². The van der Waals surface area contributed by atoms with Crippen molar-refractivity contribution >= 4 is 33.1 Å². The van der Waals surface area contributed by atoms with E-state index in [1.54, 1.807) is 19.1 Å². The van der Waals surface area contributed by atoms with Crippen molar-refractivity contribution in [3.63, 3.8) is 0 Å². The van der Waals surface area contributed by atoms with Gasteiger partial charge in [-0.3, -0.25) is 4.79 Å². The number of benzene rings is 1. The number of hydrogen-bond donors (Lipinski definition) is 2. The molecule has 0 spiro atoms. The van der Waals surface area contributed by atoms with Gasteiger partial charge in [0.15, 0.2) is 5.78 Å². The van der Waals surface area contributed by atoms with Crippen LogP contribution in [0, 0.1) is 22.2 Å². The number of Topliss-reactive ketones (excluding diaryl/α,β-unsaturated/α-hetero) is 1. The Morgan fingerprint density at radius 1 is 1.41 bits per heavy atom. The van der Waals surface area contributed by atoms with Crippen molar-refractivity contribution in [3.8, 4) is 6.07 Å². The summed E-state index contributed by atoms with van der Waals surface area (Å²) < 4.78 is 0.704. The third kappa shape index (κ3) is 3.45. The number of ketones is 1. The molecule has 0 amide bonds. The quantitative estimate of drug-likeness (QED) is 0.784. The highest BCUT2D eigenvalue weighted by Crippen LogP contribution is 2.37. The molecule has 2 rings (SSSR count). The monoisotopic (exact) mass is 359 g/mol. The first-order valence-corrected chi connectivity index (χ1v) is 7.81. The summed E-state index contributed by atoms with van der Waals surface area (Å²) in [5, 5.41) is 20.1. The Hall–Kier alpha value is -1.93. The molecule has 2 N–H and O–H groups in total. The molecule has 0 heterocycles. The maximum atomic E-state index is 12.3. The number of anilines is 1. The lowest BCUT2D eigenvalue weighted by atomic mass is 9.75. The highest BCUT2D eigenvalue weighted by Gasteiger charge is 2.33. The lowest BCUT2D eigenvalue weighted by Gasteiger charge is -2.32. The minimum atomic E-state index is -0.123. The molecule has 22 heavy (non-hydrogen) atoms. The number of nitriles is 1. The standard InChI is InChI=1S/C17H18BrN3O/c1-10(20)16-14(7-17(2,3)8-15(16)22)21-12-5-4-11(9-19)13(18)6-12/h4-6,20-21H,7-8H2,1-3H3. The summed E-state index contributed by atoms with van der Waals surface area (Å²) in [7, 11) is 0. The molecule has 1 aliphatic carbocycles.